The Morgan fingerprint density at radius 3 is 1.51 bits per heavy atom. The van der Waals surface area contributed by atoms with E-state index in [2.05, 4.69) is 16.0 Å². The zero-order valence-electron chi connectivity index (χ0n) is 38.5. The van der Waals surface area contributed by atoms with Gasteiger partial charge in [0.1, 0.15) is 26.0 Å². The van der Waals surface area contributed by atoms with Gasteiger partial charge in [-0.1, -0.05) is 29.7 Å². The Morgan fingerprint density at radius 1 is 0.551 bits per heavy atom. The van der Waals surface area contributed by atoms with Crippen molar-refractivity contribution in [1.82, 2.24) is 40.4 Å². The van der Waals surface area contributed by atoms with E-state index in [-0.39, 0.29) is 130 Å². The summed E-state index contributed by atoms with van der Waals surface area (Å²) in [5, 5.41) is 73.5. The van der Waals surface area contributed by atoms with Gasteiger partial charge in [0, 0.05) is 91.3 Å². The van der Waals surface area contributed by atoms with Gasteiger partial charge < -0.3 is 56.6 Å². The second-order valence-corrected chi connectivity index (χ2v) is 16.6. The number of benzene rings is 1. The normalized spacial score (nSPS) is 15.8. The lowest BCUT2D eigenvalue weighted by Crippen LogP contribution is -2.52. The lowest BCUT2D eigenvalue weighted by molar-refractivity contribution is -0.145. The Hall–Kier alpha value is -6.38. The smallest absolute Gasteiger partial charge is 0.326 e. The molecule has 25 nitrogen and oxygen atoms in total. The molecule has 1 saturated heterocycles. The number of carboxylic acids is 7. The average Bonchev–Trinajstić information content (AvgIpc) is 3.25. The second kappa shape index (κ2) is 31.6. The number of hydrogen-bond acceptors (Lipinski definition) is 14. The quantitative estimate of drug-likeness (QED) is 0.0296. The molecule has 26 heteroatoms. The molecule has 0 saturated carbocycles. The van der Waals surface area contributed by atoms with Crippen molar-refractivity contribution in [1.29, 1.82) is 0 Å². The van der Waals surface area contributed by atoms with Crippen molar-refractivity contribution in [2.24, 2.45) is 0 Å². The van der Waals surface area contributed by atoms with Crippen molar-refractivity contribution in [3.8, 4) is 0 Å². The molecule has 2 unspecified atom stereocenters. The predicted molar refractivity (Wildman–Crippen MR) is 244 cm³/mol. The summed E-state index contributed by atoms with van der Waals surface area (Å²) in [6.07, 6.45) is 0.0458. The molecule has 2 radical (unpaired) electrons. The molecule has 1 fully saturated rings. The standard InChI is InChI=1S/C43H65BN8O17/c44-30-9-7-29(8-10-30)25-52(16-4-2-5-31(40(63)64)46-43(69)47-32(41(65)66)11-14-36(55)56)35(54)6-1-3-15-45-34(53)13-12-33(42(67)68)51-23-21-49(27-38(59)60)19-17-48(26-37(57)58)18-20-50(22-24-51)28-39(61)62/h7-10,31-33H,1-6,11-28H2,(H,45,53)(H,55,56)(H,57,58)(H,59,60)(H,61,62)(H,63,64)(H,65,66)(H,67,68)(H2,46,47,69)/t31-,32?,33?/m0/s1. The van der Waals surface area contributed by atoms with E-state index in [1.807, 2.05) is 0 Å². The Balaban J connectivity index is 1.99. The molecular formula is C43H65BN8O17. The summed E-state index contributed by atoms with van der Waals surface area (Å²) < 4.78 is 0. The van der Waals surface area contributed by atoms with Crippen LogP contribution in [0.25, 0.3) is 0 Å². The highest BCUT2D eigenvalue weighted by Crippen LogP contribution is 2.13. The topological polar surface area (TPSA) is 365 Å². The second-order valence-electron chi connectivity index (χ2n) is 16.6. The molecule has 4 amide bonds. The molecule has 1 heterocycles. The molecule has 69 heavy (non-hydrogen) atoms. The van der Waals surface area contributed by atoms with Crippen LogP contribution in [0.5, 0.6) is 0 Å². The molecule has 0 aliphatic carbocycles. The number of urea groups is 1. The zero-order valence-corrected chi connectivity index (χ0v) is 38.5. The number of aliphatic carboxylic acids is 7. The lowest BCUT2D eigenvalue weighted by atomic mass is 9.95. The van der Waals surface area contributed by atoms with Crippen LogP contribution in [0.4, 0.5) is 4.79 Å². The van der Waals surface area contributed by atoms with Gasteiger partial charge in [0.05, 0.1) is 19.6 Å². The van der Waals surface area contributed by atoms with Crippen LogP contribution >= 0.6 is 0 Å². The Labute approximate surface area is 400 Å². The number of nitrogens with one attached hydrogen (secondary N) is 3. The van der Waals surface area contributed by atoms with Crippen molar-refractivity contribution < 1.29 is 83.7 Å². The highest BCUT2D eigenvalue weighted by Gasteiger charge is 2.29. The summed E-state index contributed by atoms with van der Waals surface area (Å²) in [5.74, 6) is -9.43. The van der Waals surface area contributed by atoms with E-state index in [1.54, 1.807) is 48.8 Å². The fourth-order valence-electron chi connectivity index (χ4n) is 7.45. The molecule has 382 valence electrons. The van der Waals surface area contributed by atoms with E-state index in [0.29, 0.717) is 24.7 Å². The van der Waals surface area contributed by atoms with Gasteiger partial charge in [0.2, 0.25) is 11.8 Å². The third-order valence-corrected chi connectivity index (χ3v) is 11.2. The highest BCUT2D eigenvalue weighted by atomic mass is 16.4. The van der Waals surface area contributed by atoms with Crippen LogP contribution < -0.4 is 21.4 Å². The van der Waals surface area contributed by atoms with E-state index in [0.717, 1.165) is 5.56 Å². The van der Waals surface area contributed by atoms with Gasteiger partial charge >= 0.3 is 47.8 Å². The number of carbonyl (C=O) groups is 10. The third-order valence-electron chi connectivity index (χ3n) is 11.2. The molecule has 1 aromatic carbocycles. The van der Waals surface area contributed by atoms with E-state index in [1.165, 1.54) is 0 Å². The Morgan fingerprint density at radius 2 is 1.04 bits per heavy atom. The SMILES string of the molecule is [B]c1ccc(CN(CCCC[C@H](NC(=O)NC(CCC(=O)O)C(=O)O)C(=O)O)C(=O)CCCCNC(=O)CCC(C(=O)O)N2CCN(CC(=O)O)CCN(CC(=O)O)CCN(CC(=O)O)CC2)cc1. The summed E-state index contributed by atoms with van der Waals surface area (Å²) in [6.45, 7) is 0.409. The monoisotopic (exact) mass is 976 g/mol. The number of hydrogen-bond donors (Lipinski definition) is 10. The fourth-order valence-corrected chi connectivity index (χ4v) is 7.45. The van der Waals surface area contributed by atoms with E-state index in [9.17, 15) is 78.6 Å². The molecule has 10 N–H and O–H groups in total. The highest BCUT2D eigenvalue weighted by molar-refractivity contribution is 6.32. The van der Waals surface area contributed by atoms with Gasteiger partial charge in [-0.2, -0.15) is 0 Å². The minimum Gasteiger partial charge on any atom is -0.481 e. The van der Waals surface area contributed by atoms with Crippen LogP contribution in [0, 0.1) is 0 Å². The summed E-state index contributed by atoms with van der Waals surface area (Å²) in [7, 11) is 5.82. The first kappa shape index (κ1) is 58.7. The maximum atomic E-state index is 13.5. The summed E-state index contributed by atoms with van der Waals surface area (Å²) in [4.78, 5) is 128. The number of nitrogens with zero attached hydrogens (tertiary/aromatic N) is 5. The van der Waals surface area contributed by atoms with Crippen LogP contribution in [0.15, 0.2) is 24.3 Å². The predicted octanol–water partition coefficient (Wildman–Crippen LogP) is -1.96. The van der Waals surface area contributed by atoms with Gasteiger partial charge in [0.15, 0.2) is 0 Å². The van der Waals surface area contributed by atoms with Gasteiger partial charge in [-0.25, -0.2) is 14.4 Å². The van der Waals surface area contributed by atoms with Gasteiger partial charge in [-0.15, -0.1) is 0 Å². The molecule has 0 aromatic heterocycles. The van der Waals surface area contributed by atoms with Gasteiger partial charge in [0.25, 0.3) is 0 Å². The molecular weight excluding hydrogens is 911 g/mol. The largest absolute Gasteiger partial charge is 0.481 e. The van der Waals surface area contributed by atoms with E-state index in [4.69, 9.17) is 13.0 Å². The number of carboxylic acid groups (broad SMARTS) is 7. The van der Waals surface area contributed by atoms with Crippen molar-refractivity contribution in [3.63, 3.8) is 0 Å². The minimum atomic E-state index is -1.56. The van der Waals surface area contributed by atoms with Crippen molar-refractivity contribution in [2.45, 2.75) is 88.9 Å². The summed E-state index contributed by atoms with van der Waals surface area (Å²) in [6, 6.07) is 1.60. The summed E-state index contributed by atoms with van der Waals surface area (Å²) in [5.41, 5.74) is 1.29. The molecule has 0 spiro atoms. The third kappa shape index (κ3) is 25.5. The Kier molecular flexibility index (Phi) is 26.9. The maximum absolute atomic E-state index is 13.5. The molecule has 1 aromatic rings. The Bertz CT molecular complexity index is 1860. The summed E-state index contributed by atoms with van der Waals surface area (Å²) >= 11 is 0. The van der Waals surface area contributed by atoms with E-state index >= 15 is 0 Å². The van der Waals surface area contributed by atoms with Crippen LogP contribution in [0.1, 0.15) is 69.8 Å². The fraction of sp³-hybridized carbons (Fsp3) is 0.628. The minimum absolute atomic E-state index is 0.0587. The lowest BCUT2D eigenvalue weighted by Gasteiger charge is -2.35. The molecule has 3 atom stereocenters. The van der Waals surface area contributed by atoms with Crippen molar-refractivity contribution in [3.05, 3.63) is 29.8 Å². The van der Waals surface area contributed by atoms with Crippen LogP contribution in [-0.4, -0.2) is 231 Å². The first-order chi connectivity index (χ1) is 32.6. The molecule has 1 aliphatic heterocycles. The van der Waals surface area contributed by atoms with E-state index < -0.39 is 84.7 Å². The molecule has 2 rings (SSSR count). The first-order valence-electron chi connectivity index (χ1n) is 22.6. The number of rotatable bonds is 30. The number of carbonyl (C=O) groups excluding carboxylic acids is 3. The van der Waals surface area contributed by atoms with Gasteiger partial charge in [-0.05, 0) is 50.5 Å². The van der Waals surface area contributed by atoms with Crippen LogP contribution in [0.2, 0.25) is 0 Å². The number of unbranched alkanes of at least 4 members (excludes halogenated alkanes) is 2. The number of amides is 4. The molecule has 0 bridgehead atoms. The van der Waals surface area contributed by atoms with Crippen LogP contribution in [0.3, 0.4) is 0 Å². The maximum Gasteiger partial charge on any atom is 0.326 e. The average molecular weight is 977 g/mol. The van der Waals surface area contributed by atoms with Gasteiger partial charge in [-0.3, -0.25) is 53.2 Å². The van der Waals surface area contributed by atoms with Crippen LogP contribution in [-0.2, 0) is 49.7 Å². The first-order valence-corrected chi connectivity index (χ1v) is 22.6. The van der Waals surface area contributed by atoms with Crippen molar-refractivity contribution >= 4 is 72.9 Å². The molecule has 1 aliphatic rings. The zero-order chi connectivity index (χ0) is 51.5. The van der Waals surface area contributed by atoms with Crippen molar-refractivity contribution in [2.75, 3.05) is 85.1 Å².